The molecular weight excluding hydrogens is 310 g/mol. The van der Waals surface area contributed by atoms with Gasteiger partial charge < -0.3 is 4.74 Å². The third-order valence-electron chi connectivity index (χ3n) is 3.09. The van der Waals surface area contributed by atoms with Crippen LogP contribution in [0, 0.1) is 12.3 Å². The van der Waals surface area contributed by atoms with Crippen molar-refractivity contribution in [1.82, 2.24) is 4.72 Å². The summed E-state index contributed by atoms with van der Waals surface area (Å²) in [4.78, 5) is 0.220. The van der Waals surface area contributed by atoms with Gasteiger partial charge in [-0.3, -0.25) is 0 Å². The van der Waals surface area contributed by atoms with Crippen molar-refractivity contribution >= 4 is 10.0 Å². The van der Waals surface area contributed by atoms with Gasteiger partial charge in [0.05, 0.1) is 4.90 Å². The van der Waals surface area contributed by atoms with Gasteiger partial charge in [0.2, 0.25) is 10.0 Å². The largest absolute Gasteiger partial charge is 0.481 e. The third-order valence-corrected chi connectivity index (χ3v) is 4.53. The Hall–Kier alpha value is -2.55. The van der Waals surface area contributed by atoms with Crippen LogP contribution >= 0.6 is 0 Å². The van der Waals surface area contributed by atoms with E-state index in [9.17, 15) is 8.42 Å². The first kappa shape index (κ1) is 16.8. The maximum atomic E-state index is 12.0. The SMILES string of the molecule is C#CCOc1ccc(-c2ccc(S(=O)(=O)NCC=C)cc2)cc1. The molecule has 0 saturated heterocycles. The maximum absolute atomic E-state index is 12.0. The Morgan fingerprint density at radius 1 is 1.09 bits per heavy atom. The van der Waals surface area contributed by atoms with Gasteiger partial charge in [0.1, 0.15) is 12.4 Å². The van der Waals surface area contributed by atoms with Gasteiger partial charge >= 0.3 is 0 Å². The first-order valence-electron chi connectivity index (χ1n) is 6.94. The molecule has 0 aliphatic rings. The van der Waals surface area contributed by atoms with E-state index in [1.165, 1.54) is 6.08 Å². The lowest BCUT2D eigenvalue weighted by atomic mass is 10.1. The van der Waals surface area contributed by atoms with Crippen LogP contribution in [0.3, 0.4) is 0 Å². The molecule has 0 fully saturated rings. The van der Waals surface area contributed by atoms with Crippen LogP contribution in [0.25, 0.3) is 11.1 Å². The van der Waals surface area contributed by atoms with Crippen LogP contribution in [0.5, 0.6) is 5.75 Å². The van der Waals surface area contributed by atoms with E-state index in [0.717, 1.165) is 11.1 Å². The molecule has 0 amide bonds. The molecule has 2 aromatic carbocycles. The molecule has 23 heavy (non-hydrogen) atoms. The Kier molecular flexibility index (Phi) is 5.58. The van der Waals surface area contributed by atoms with Gasteiger partial charge in [0.25, 0.3) is 0 Å². The number of rotatable bonds is 7. The van der Waals surface area contributed by atoms with Crippen molar-refractivity contribution in [1.29, 1.82) is 0 Å². The van der Waals surface area contributed by atoms with E-state index in [1.54, 1.807) is 24.3 Å². The van der Waals surface area contributed by atoms with Crippen LogP contribution in [-0.2, 0) is 10.0 Å². The van der Waals surface area contributed by atoms with Crippen molar-refractivity contribution in [3.05, 3.63) is 61.2 Å². The van der Waals surface area contributed by atoms with E-state index in [1.807, 2.05) is 24.3 Å². The maximum Gasteiger partial charge on any atom is 0.240 e. The van der Waals surface area contributed by atoms with Gasteiger partial charge in [-0.1, -0.05) is 36.3 Å². The summed E-state index contributed by atoms with van der Waals surface area (Å²) in [5, 5.41) is 0. The van der Waals surface area contributed by atoms with Crippen molar-refractivity contribution in [3.8, 4) is 29.2 Å². The molecular formula is C18H17NO3S. The molecule has 118 valence electrons. The van der Waals surface area contributed by atoms with E-state index in [-0.39, 0.29) is 18.0 Å². The smallest absolute Gasteiger partial charge is 0.240 e. The summed E-state index contributed by atoms with van der Waals surface area (Å²) >= 11 is 0. The fraction of sp³-hybridized carbons (Fsp3) is 0.111. The molecule has 0 aromatic heterocycles. The molecule has 2 aromatic rings. The van der Waals surface area contributed by atoms with E-state index >= 15 is 0 Å². The van der Waals surface area contributed by atoms with Crippen molar-refractivity contribution in [3.63, 3.8) is 0 Å². The number of terminal acetylenes is 1. The quantitative estimate of drug-likeness (QED) is 0.628. The van der Waals surface area contributed by atoms with Gasteiger partial charge in [-0.2, -0.15) is 0 Å². The van der Waals surface area contributed by atoms with Gasteiger partial charge in [0, 0.05) is 6.54 Å². The van der Waals surface area contributed by atoms with Crippen molar-refractivity contribution in [2.45, 2.75) is 4.90 Å². The van der Waals surface area contributed by atoms with Gasteiger partial charge in [-0.15, -0.1) is 13.0 Å². The van der Waals surface area contributed by atoms with Crippen molar-refractivity contribution in [2.75, 3.05) is 13.2 Å². The van der Waals surface area contributed by atoms with Crippen LogP contribution < -0.4 is 9.46 Å². The van der Waals surface area contributed by atoms with Crippen molar-refractivity contribution in [2.24, 2.45) is 0 Å². The highest BCUT2D eigenvalue weighted by Crippen LogP contribution is 2.23. The van der Waals surface area contributed by atoms with Gasteiger partial charge in [-0.05, 0) is 35.4 Å². The van der Waals surface area contributed by atoms with Gasteiger partial charge in [0.15, 0.2) is 0 Å². The molecule has 0 bridgehead atoms. The highest BCUT2D eigenvalue weighted by molar-refractivity contribution is 7.89. The molecule has 1 N–H and O–H groups in total. The monoisotopic (exact) mass is 327 g/mol. The Labute approximate surface area is 136 Å². The molecule has 0 atom stereocenters. The summed E-state index contributed by atoms with van der Waals surface area (Å²) in [5.41, 5.74) is 1.87. The molecule has 0 radical (unpaired) electrons. The summed E-state index contributed by atoms with van der Waals surface area (Å²) in [7, 11) is -3.50. The van der Waals surface area contributed by atoms with E-state index in [4.69, 9.17) is 11.2 Å². The average Bonchev–Trinajstić information content (AvgIpc) is 2.59. The predicted octanol–water partition coefficient (Wildman–Crippen LogP) is 2.83. The Bertz CT molecular complexity index is 801. The molecule has 0 spiro atoms. The lowest BCUT2D eigenvalue weighted by Crippen LogP contribution is -2.23. The van der Waals surface area contributed by atoms with Crippen LogP contribution in [0.2, 0.25) is 0 Å². The Morgan fingerprint density at radius 2 is 1.65 bits per heavy atom. The number of benzene rings is 2. The third kappa shape index (κ3) is 4.46. The fourth-order valence-corrected chi connectivity index (χ4v) is 2.95. The predicted molar refractivity (Wildman–Crippen MR) is 91.6 cm³/mol. The second-order valence-corrected chi connectivity index (χ2v) is 6.45. The average molecular weight is 327 g/mol. The van der Waals surface area contributed by atoms with Gasteiger partial charge in [-0.25, -0.2) is 13.1 Å². The second kappa shape index (κ2) is 7.63. The molecule has 5 heteroatoms. The van der Waals surface area contributed by atoms with Crippen LogP contribution in [0.1, 0.15) is 0 Å². The Balaban J connectivity index is 2.16. The summed E-state index contributed by atoms with van der Waals surface area (Å²) in [5.74, 6) is 3.10. The van der Waals surface area contributed by atoms with Crippen LogP contribution in [0.15, 0.2) is 66.1 Å². The van der Waals surface area contributed by atoms with E-state index < -0.39 is 10.0 Å². The number of sulfonamides is 1. The van der Waals surface area contributed by atoms with Crippen LogP contribution in [0.4, 0.5) is 0 Å². The molecule has 0 heterocycles. The minimum atomic E-state index is -3.50. The lowest BCUT2D eigenvalue weighted by molar-refractivity contribution is 0.370. The second-order valence-electron chi connectivity index (χ2n) is 4.68. The fourth-order valence-electron chi connectivity index (χ4n) is 1.95. The summed E-state index contributed by atoms with van der Waals surface area (Å²) in [6.07, 6.45) is 6.64. The summed E-state index contributed by atoms with van der Waals surface area (Å²) in [6, 6.07) is 14.1. The molecule has 0 saturated carbocycles. The zero-order chi connectivity index (χ0) is 16.7. The number of ether oxygens (including phenoxy) is 1. The zero-order valence-corrected chi connectivity index (χ0v) is 13.3. The first-order valence-corrected chi connectivity index (χ1v) is 8.42. The molecule has 0 unspecified atom stereocenters. The van der Waals surface area contributed by atoms with E-state index in [0.29, 0.717) is 5.75 Å². The minimum Gasteiger partial charge on any atom is -0.481 e. The molecule has 0 aliphatic carbocycles. The molecule has 0 aliphatic heterocycles. The molecule has 4 nitrogen and oxygen atoms in total. The topological polar surface area (TPSA) is 55.4 Å². The number of hydrogen-bond acceptors (Lipinski definition) is 3. The highest BCUT2D eigenvalue weighted by Gasteiger charge is 2.12. The summed E-state index contributed by atoms with van der Waals surface area (Å²) < 4.78 is 31.7. The standard InChI is InChI=1S/C18H17NO3S/c1-3-13-19-23(20,21)18-11-7-16(8-12-18)15-5-9-17(10-6-15)22-14-4-2/h2-3,5-12,19H,1,13-14H2. The van der Waals surface area contributed by atoms with Crippen LogP contribution in [-0.4, -0.2) is 21.6 Å². The lowest BCUT2D eigenvalue weighted by Gasteiger charge is -2.07. The van der Waals surface area contributed by atoms with E-state index in [2.05, 4.69) is 17.2 Å². The molecule has 2 rings (SSSR count). The normalized spacial score (nSPS) is 10.7. The zero-order valence-electron chi connectivity index (χ0n) is 12.5. The number of hydrogen-bond donors (Lipinski definition) is 1. The number of nitrogens with one attached hydrogen (secondary N) is 1. The first-order chi connectivity index (χ1) is 11.1. The Morgan fingerprint density at radius 3 is 2.17 bits per heavy atom. The highest BCUT2D eigenvalue weighted by atomic mass is 32.2. The van der Waals surface area contributed by atoms with Crippen molar-refractivity contribution < 1.29 is 13.2 Å². The minimum absolute atomic E-state index is 0.198. The summed E-state index contributed by atoms with van der Waals surface area (Å²) in [6.45, 7) is 3.91.